The summed E-state index contributed by atoms with van der Waals surface area (Å²) in [5.41, 5.74) is 5.53. The standard InChI is InChI=1S/C23H22N2O2/c1-16-14-18-7-3-5-9-21(18)25(16)15-22-19(11-13-27-22)23(26)24-12-10-17-6-2-4-8-20(17)24/h2-9,11,13,16H,10,12,14-15H2,1H3. The lowest BCUT2D eigenvalue weighted by Gasteiger charge is -2.25. The van der Waals surface area contributed by atoms with Gasteiger partial charge in [0.25, 0.3) is 5.91 Å². The lowest BCUT2D eigenvalue weighted by molar-refractivity contribution is 0.0987. The monoisotopic (exact) mass is 358 g/mol. The summed E-state index contributed by atoms with van der Waals surface area (Å²) < 4.78 is 5.77. The fourth-order valence-corrected chi connectivity index (χ4v) is 4.37. The summed E-state index contributed by atoms with van der Waals surface area (Å²) in [4.78, 5) is 17.5. The first-order valence-corrected chi connectivity index (χ1v) is 9.53. The van der Waals surface area contributed by atoms with Crippen LogP contribution < -0.4 is 9.80 Å². The van der Waals surface area contributed by atoms with Crippen molar-refractivity contribution < 1.29 is 9.21 Å². The zero-order valence-electron chi connectivity index (χ0n) is 15.4. The fraction of sp³-hybridized carbons (Fsp3) is 0.261. The van der Waals surface area contributed by atoms with Crippen molar-refractivity contribution in [3.05, 3.63) is 83.3 Å². The van der Waals surface area contributed by atoms with Gasteiger partial charge in [0.15, 0.2) is 0 Å². The van der Waals surface area contributed by atoms with Gasteiger partial charge in [-0.15, -0.1) is 0 Å². The summed E-state index contributed by atoms with van der Waals surface area (Å²) in [5, 5.41) is 0. The molecule has 0 aliphatic carbocycles. The molecule has 4 heteroatoms. The van der Waals surface area contributed by atoms with Gasteiger partial charge < -0.3 is 14.2 Å². The minimum Gasteiger partial charge on any atom is -0.467 e. The van der Waals surface area contributed by atoms with Gasteiger partial charge in [-0.25, -0.2) is 0 Å². The highest BCUT2D eigenvalue weighted by atomic mass is 16.3. The molecule has 0 saturated carbocycles. The van der Waals surface area contributed by atoms with Crippen LogP contribution in [0.25, 0.3) is 0 Å². The number of hydrogen-bond donors (Lipinski definition) is 0. The van der Waals surface area contributed by atoms with Gasteiger partial charge in [-0.05, 0) is 49.1 Å². The topological polar surface area (TPSA) is 36.7 Å². The summed E-state index contributed by atoms with van der Waals surface area (Å²) in [7, 11) is 0. The molecule has 0 spiro atoms. The van der Waals surface area contributed by atoms with E-state index in [1.165, 1.54) is 16.8 Å². The maximum atomic E-state index is 13.2. The molecule has 2 aliphatic heterocycles. The van der Waals surface area contributed by atoms with Gasteiger partial charge in [-0.1, -0.05) is 36.4 Å². The van der Waals surface area contributed by atoms with Crippen LogP contribution in [0, 0.1) is 0 Å². The molecule has 0 bridgehead atoms. The molecule has 0 radical (unpaired) electrons. The van der Waals surface area contributed by atoms with E-state index in [2.05, 4.69) is 42.2 Å². The maximum Gasteiger partial charge on any atom is 0.261 e. The summed E-state index contributed by atoms with van der Waals surface area (Å²) in [6, 6.07) is 18.8. The van der Waals surface area contributed by atoms with Crippen LogP contribution in [-0.4, -0.2) is 18.5 Å². The zero-order valence-corrected chi connectivity index (χ0v) is 15.4. The number of anilines is 2. The van der Waals surface area contributed by atoms with Gasteiger partial charge >= 0.3 is 0 Å². The summed E-state index contributed by atoms with van der Waals surface area (Å²) in [6.45, 7) is 3.56. The Morgan fingerprint density at radius 3 is 2.63 bits per heavy atom. The highest BCUT2D eigenvalue weighted by Gasteiger charge is 2.31. The molecule has 2 aliphatic rings. The summed E-state index contributed by atoms with van der Waals surface area (Å²) in [6.07, 6.45) is 3.57. The third-order valence-corrected chi connectivity index (χ3v) is 5.77. The van der Waals surface area contributed by atoms with Crippen molar-refractivity contribution in [3.63, 3.8) is 0 Å². The molecule has 1 amide bonds. The van der Waals surface area contributed by atoms with Crippen LogP contribution in [0.5, 0.6) is 0 Å². The second-order valence-corrected chi connectivity index (χ2v) is 7.40. The van der Waals surface area contributed by atoms with Crippen molar-refractivity contribution in [1.82, 2.24) is 0 Å². The molecule has 1 unspecified atom stereocenters. The van der Waals surface area contributed by atoms with E-state index in [1.54, 1.807) is 6.26 Å². The Bertz CT molecular complexity index is 1010. The van der Waals surface area contributed by atoms with Crippen LogP contribution in [0.3, 0.4) is 0 Å². The normalized spacial score (nSPS) is 17.9. The average Bonchev–Trinajstić information content (AvgIpc) is 3.39. The number of furan rings is 1. The molecule has 136 valence electrons. The molecule has 0 saturated heterocycles. The number of amides is 1. The maximum absolute atomic E-state index is 13.2. The minimum absolute atomic E-state index is 0.0313. The highest BCUT2D eigenvalue weighted by Crippen LogP contribution is 2.34. The van der Waals surface area contributed by atoms with Crippen LogP contribution >= 0.6 is 0 Å². The number of fused-ring (bicyclic) bond motifs is 2. The van der Waals surface area contributed by atoms with E-state index in [4.69, 9.17) is 4.42 Å². The average molecular weight is 358 g/mol. The second-order valence-electron chi connectivity index (χ2n) is 7.40. The third kappa shape index (κ3) is 2.64. The molecule has 3 heterocycles. The van der Waals surface area contributed by atoms with Gasteiger partial charge in [0, 0.05) is 24.0 Å². The lowest BCUT2D eigenvalue weighted by Crippen LogP contribution is -2.32. The third-order valence-electron chi connectivity index (χ3n) is 5.77. The first kappa shape index (κ1) is 16.2. The van der Waals surface area contributed by atoms with Gasteiger partial charge in [-0.3, -0.25) is 4.79 Å². The Morgan fingerprint density at radius 2 is 1.78 bits per heavy atom. The molecule has 1 atom stereocenters. The Hall–Kier alpha value is -3.01. The van der Waals surface area contributed by atoms with Gasteiger partial charge in [-0.2, -0.15) is 0 Å². The highest BCUT2D eigenvalue weighted by molar-refractivity contribution is 6.08. The Kier molecular flexibility index (Phi) is 3.78. The van der Waals surface area contributed by atoms with E-state index in [9.17, 15) is 4.79 Å². The molecular weight excluding hydrogens is 336 g/mol. The fourth-order valence-electron chi connectivity index (χ4n) is 4.37. The van der Waals surface area contributed by atoms with Crippen LogP contribution in [0.1, 0.15) is 34.2 Å². The van der Waals surface area contributed by atoms with Crippen molar-refractivity contribution in [1.29, 1.82) is 0 Å². The van der Waals surface area contributed by atoms with Crippen molar-refractivity contribution in [3.8, 4) is 0 Å². The molecule has 27 heavy (non-hydrogen) atoms. The first-order chi connectivity index (χ1) is 13.2. The number of rotatable bonds is 3. The predicted octanol–water partition coefficient (Wildman–Crippen LogP) is 4.43. The van der Waals surface area contributed by atoms with E-state index >= 15 is 0 Å². The van der Waals surface area contributed by atoms with Crippen LogP contribution in [0.2, 0.25) is 0 Å². The van der Waals surface area contributed by atoms with Crippen molar-refractivity contribution in [2.75, 3.05) is 16.3 Å². The van der Waals surface area contributed by atoms with Crippen LogP contribution in [-0.2, 0) is 19.4 Å². The molecule has 5 rings (SSSR count). The SMILES string of the molecule is CC1Cc2ccccc2N1Cc1occc1C(=O)N1CCc2ccccc21. The molecule has 4 nitrogen and oxygen atoms in total. The molecule has 2 aromatic carbocycles. The van der Waals surface area contributed by atoms with Gasteiger partial charge in [0.2, 0.25) is 0 Å². The smallest absolute Gasteiger partial charge is 0.261 e. The van der Waals surface area contributed by atoms with Gasteiger partial charge in [0.1, 0.15) is 5.76 Å². The zero-order chi connectivity index (χ0) is 18.4. The van der Waals surface area contributed by atoms with Crippen LogP contribution in [0.15, 0.2) is 65.3 Å². The number of carbonyl (C=O) groups is 1. The number of nitrogens with zero attached hydrogens (tertiary/aromatic N) is 2. The Morgan fingerprint density at radius 1 is 1.04 bits per heavy atom. The molecule has 0 N–H and O–H groups in total. The number of para-hydroxylation sites is 2. The lowest BCUT2D eigenvalue weighted by atomic mass is 10.1. The van der Waals surface area contributed by atoms with E-state index in [1.807, 2.05) is 29.2 Å². The predicted molar refractivity (Wildman–Crippen MR) is 106 cm³/mol. The Balaban J connectivity index is 1.43. The molecule has 1 aromatic heterocycles. The van der Waals surface area contributed by atoms with E-state index in [0.29, 0.717) is 18.2 Å². The van der Waals surface area contributed by atoms with Gasteiger partial charge in [0.05, 0.1) is 18.4 Å². The van der Waals surface area contributed by atoms with E-state index in [0.717, 1.165) is 30.8 Å². The second kappa shape index (κ2) is 6.31. The molecular formula is C23H22N2O2. The van der Waals surface area contributed by atoms with E-state index < -0.39 is 0 Å². The molecule has 0 fully saturated rings. The number of carbonyl (C=O) groups excluding carboxylic acids is 1. The largest absolute Gasteiger partial charge is 0.467 e. The molecule has 3 aromatic rings. The number of benzene rings is 2. The summed E-state index contributed by atoms with van der Waals surface area (Å²) in [5.74, 6) is 0.775. The van der Waals surface area contributed by atoms with Crippen molar-refractivity contribution in [2.45, 2.75) is 32.4 Å². The quantitative estimate of drug-likeness (QED) is 0.695. The van der Waals surface area contributed by atoms with Crippen molar-refractivity contribution in [2.24, 2.45) is 0 Å². The summed E-state index contributed by atoms with van der Waals surface area (Å²) >= 11 is 0. The van der Waals surface area contributed by atoms with E-state index in [-0.39, 0.29) is 5.91 Å². The van der Waals surface area contributed by atoms with Crippen molar-refractivity contribution >= 4 is 17.3 Å². The number of hydrogen-bond acceptors (Lipinski definition) is 3. The minimum atomic E-state index is 0.0313. The van der Waals surface area contributed by atoms with Crippen LogP contribution in [0.4, 0.5) is 11.4 Å². The first-order valence-electron chi connectivity index (χ1n) is 9.53. The Labute approximate surface area is 159 Å².